The van der Waals surface area contributed by atoms with Gasteiger partial charge in [-0.05, 0) is 68.8 Å². The van der Waals surface area contributed by atoms with Crippen LogP contribution in [0.1, 0.15) is 77.1 Å². The second-order valence-corrected chi connectivity index (χ2v) is 14.3. The molecule has 0 aliphatic heterocycles. The third kappa shape index (κ3) is 4.34. The number of para-hydroxylation sites is 2. The van der Waals surface area contributed by atoms with Gasteiger partial charge >= 0.3 is 0 Å². The lowest BCUT2D eigenvalue weighted by atomic mass is 9.91. The molecule has 0 atom stereocenters. The molecule has 8 rings (SSSR count). The Hall–Kier alpha value is -4.96. The van der Waals surface area contributed by atoms with E-state index in [1.807, 2.05) is 6.20 Å². The highest BCUT2D eigenvalue weighted by atomic mass is 16.3. The first kappa shape index (κ1) is 28.5. The summed E-state index contributed by atoms with van der Waals surface area (Å²) in [6.07, 6.45) is 2.02. The van der Waals surface area contributed by atoms with Crippen LogP contribution in [0, 0.1) is 0 Å². The smallest absolute Gasteiger partial charge is 0.149 e. The molecule has 3 heterocycles. The quantitative estimate of drug-likeness (QED) is 0.188. The molecule has 4 heteroatoms. The molecule has 0 N–H and O–H groups in total. The Kier molecular flexibility index (Phi) is 6.37. The van der Waals surface area contributed by atoms with Crippen molar-refractivity contribution in [2.24, 2.45) is 0 Å². The van der Waals surface area contributed by atoms with Gasteiger partial charge < -0.3 is 4.42 Å². The number of pyridine rings is 1. The summed E-state index contributed by atoms with van der Waals surface area (Å²) in [5.41, 5.74) is 9.37. The minimum Gasteiger partial charge on any atom is -0.455 e. The molecule has 46 heavy (non-hydrogen) atoms. The fourth-order valence-electron chi connectivity index (χ4n) is 7.04. The first-order valence-electron chi connectivity index (χ1n) is 16.4. The van der Waals surface area contributed by atoms with Gasteiger partial charge in [-0.3, -0.25) is 9.55 Å². The van der Waals surface area contributed by atoms with Crippen LogP contribution in [0.4, 0.5) is 0 Å². The molecule has 0 saturated carbocycles. The monoisotopic (exact) mass is 601 g/mol. The first-order chi connectivity index (χ1) is 22.1. The van der Waals surface area contributed by atoms with Crippen LogP contribution >= 0.6 is 0 Å². The molecule has 228 valence electrons. The Morgan fingerprint density at radius 2 is 1.37 bits per heavy atom. The first-order valence-corrected chi connectivity index (χ1v) is 16.4. The van der Waals surface area contributed by atoms with Crippen molar-refractivity contribution in [3.63, 3.8) is 0 Å². The van der Waals surface area contributed by atoms with E-state index >= 15 is 0 Å². The number of benzene rings is 5. The maximum Gasteiger partial charge on any atom is 0.149 e. The summed E-state index contributed by atoms with van der Waals surface area (Å²) in [4.78, 5) is 10.4. The normalized spacial score (nSPS) is 12.6. The van der Waals surface area contributed by atoms with Crippen LogP contribution in [0.5, 0.6) is 0 Å². The Bertz CT molecular complexity index is 2440. The van der Waals surface area contributed by atoms with Crippen LogP contribution in [0.3, 0.4) is 0 Å². The van der Waals surface area contributed by atoms with Crippen LogP contribution in [0.25, 0.3) is 71.6 Å². The molecule has 0 spiro atoms. The molecule has 0 amide bonds. The number of fused-ring (bicyclic) bond motifs is 7. The number of rotatable bonds is 4. The van der Waals surface area contributed by atoms with Crippen LogP contribution in [-0.2, 0) is 5.41 Å². The average molecular weight is 602 g/mol. The van der Waals surface area contributed by atoms with Crippen molar-refractivity contribution in [2.45, 2.75) is 65.7 Å². The zero-order valence-electron chi connectivity index (χ0n) is 27.6. The number of nitrogens with zero attached hydrogens (tertiary/aromatic N) is 3. The van der Waals surface area contributed by atoms with Gasteiger partial charge in [0.2, 0.25) is 0 Å². The van der Waals surface area contributed by atoms with E-state index in [1.165, 1.54) is 38.4 Å². The van der Waals surface area contributed by atoms with E-state index in [-0.39, 0.29) is 5.41 Å². The highest BCUT2D eigenvalue weighted by Gasteiger charge is 2.26. The fraction of sp³-hybridized carbons (Fsp3) is 0.238. The summed E-state index contributed by atoms with van der Waals surface area (Å²) < 4.78 is 9.20. The Labute approximate surface area is 269 Å². The lowest BCUT2D eigenvalue weighted by Gasteiger charge is -2.23. The molecule has 0 radical (unpaired) electrons. The van der Waals surface area contributed by atoms with Gasteiger partial charge in [-0.25, -0.2) is 4.98 Å². The summed E-state index contributed by atoms with van der Waals surface area (Å²) in [6.45, 7) is 15.7. The van der Waals surface area contributed by atoms with Gasteiger partial charge in [-0.15, -0.1) is 0 Å². The Balaban J connectivity index is 1.48. The highest BCUT2D eigenvalue weighted by Crippen LogP contribution is 2.42. The van der Waals surface area contributed by atoms with E-state index in [9.17, 15) is 0 Å². The van der Waals surface area contributed by atoms with Gasteiger partial charge in [0.05, 0.1) is 28.5 Å². The van der Waals surface area contributed by atoms with Crippen molar-refractivity contribution in [1.82, 2.24) is 14.5 Å². The lowest BCUT2D eigenvalue weighted by Crippen LogP contribution is -2.13. The molecule has 8 aromatic rings. The molecule has 4 nitrogen and oxygen atoms in total. The van der Waals surface area contributed by atoms with Crippen molar-refractivity contribution in [3.05, 3.63) is 114 Å². The van der Waals surface area contributed by atoms with Gasteiger partial charge in [0, 0.05) is 21.9 Å². The minimum atomic E-state index is -0.0952. The second kappa shape index (κ2) is 10.3. The van der Waals surface area contributed by atoms with E-state index in [2.05, 4.69) is 144 Å². The van der Waals surface area contributed by atoms with Gasteiger partial charge in [-0.1, -0.05) is 115 Å². The van der Waals surface area contributed by atoms with E-state index in [0.29, 0.717) is 11.8 Å². The van der Waals surface area contributed by atoms with Crippen molar-refractivity contribution in [1.29, 1.82) is 0 Å². The second-order valence-electron chi connectivity index (χ2n) is 14.3. The summed E-state index contributed by atoms with van der Waals surface area (Å²) in [5, 5.41) is 7.08. The van der Waals surface area contributed by atoms with Crippen molar-refractivity contribution < 1.29 is 4.42 Å². The average Bonchev–Trinajstić information content (AvgIpc) is 3.60. The largest absolute Gasteiger partial charge is 0.455 e. The third-order valence-corrected chi connectivity index (χ3v) is 9.48. The van der Waals surface area contributed by atoms with Gasteiger partial charge in [0.15, 0.2) is 0 Å². The maximum atomic E-state index is 6.85. The molecule has 0 saturated heterocycles. The van der Waals surface area contributed by atoms with Crippen molar-refractivity contribution in [3.8, 4) is 17.1 Å². The SMILES string of the molecule is CC(C)c1cccc(C(C)C)c1-n1c(-c2cccc3c2oc2cc4c(ccc5ccccc54)cc23)nc2cc(C(C)(C)C)ncc21. The topological polar surface area (TPSA) is 43.9 Å². The van der Waals surface area contributed by atoms with Crippen LogP contribution in [0.2, 0.25) is 0 Å². The lowest BCUT2D eigenvalue weighted by molar-refractivity contribution is 0.570. The summed E-state index contributed by atoms with van der Waals surface area (Å²) in [7, 11) is 0. The molecule has 0 fully saturated rings. The zero-order chi connectivity index (χ0) is 31.9. The van der Waals surface area contributed by atoms with E-state index in [4.69, 9.17) is 14.4 Å². The van der Waals surface area contributed by atoms with Crippen LogP contribution in [0.15, 0.2) is 102 Å². The number of imidazole rings is 1. The minimum absolute atomic E-state index is 0.0952. The third-order valence-electron chi connectivity index (χ3n) is 9.48. The Morgan fingerprint density at radius 1 is 0.674 bits per heavy atom. The molecule has 0 aliphatic rings. The van der Waals surface area contributed by atoms with Crippen molar-refractivity contribution >= 4 is 54.5 Å². The van der Waals surface area contributed by atoms with Crippen LogP contribution < -0.4 is 0 Å². The maximum absolute atomic E-state index is 6.85. The summed E-state index contributed by atoms with van der Waals surface area (Å²) in [6, 6.07) is 32.8. The molecule has 0 aliphatic carbocycles. The number of hydrogen-bond acceptors (Lipinski definition) is 3. The molecule has 3 aromatic heterocycles. The number of aromatic nitrogens is 3. The predicted octanol–water partition coefficient (Wildman–Crippen LogP) is 11.8. The van der Waals surface area contributed by atoms with Crippen molar-refractivity contribution in [2.75, 3.05) is 0 Å². The summed E-state index contributed by atoms with van der Waals surface area (Å²) >= 11 is 0. The number of furan rings is 1. The highest BCUT2D eigenvalue weighted by molar-refractivity contribution is 6.17. The molecular formula is C42H39N3O. The van der Waals surface area contributed by atoms with E-state index in [1.54, 1.807) is 0 Å². The molecule has 0 bridgehead atoms. The fourth-order valence-corrected chi connectivity index (χ4v) is 7.04. The van der Waals surface area contributed by atoms with E-state index in [0.717, 1.165) is 50.1 Å². The summed E-state index contributed by atoms with van der Waals surface area (Å²) in [5.74, 6) is 1.52. The van der Waals surface area contributed by atoms with Gasteiger partial charge in [-0.2, -0.15) is 0 Å². The zero-order valence-corrected chi connectivity index (χ0v) is 27.6. The van der Waals surface area contributed by atoms with Gasteiger partial charge in [0.1, 0.15) is 17.0 Å². The standard InChI is InChI=1S/C42H39N3O/c1-24(2)28-14-10-15-29(25(3)4)39(28)45-36-23-43-38(42(5,6)7)22-35(36)44-41(45)32-17-11-16-31-34-20-27-19-18-26-12-8-9-13-30(26)33(27)21-37(34)46-40(31)32/h8-25H,1-7H3. The molecule has 5 aromatic carbocycles. The molecular weight excluding hydrogens is 562 g/mol. The van der Waals surface area contributed by atoms with Crippen LogP contribution in [-0.4, -0.2) is 14.5 Å². The predicted molar refractivity (Wildman–Crippen MR) is 193 cm³/mol. The number of hydrogen-bond donors (Lipinski definition) is 0. The van der Waals surface area contributed by atoms with E-state index < -0.39 is 0 Å². The molecule has 0 unspecified atom stereocenters. The van der Waals surface area contributed by atoms with Gasteiger partial charge in [0.25, 0.3) is 0 Å². The Morgan fingerprint density at radius 3 is 2.11 bits per heavy atom.